The zero-order chi connectivity index (χ0) is 15.8. The van der Waals surface area contributed by atoms with Gasteiger partial charge in [-0.15, -0.1) is 0 Å². The molecule has 0 bridgehead atoms. The lowest BCUT2D eigenvalue weighted by Gasteiger charge is -2.22. The van der Waals surface area contributed by atoms with Crippen LogP contribution in [0, 0.1) is 5.92 Å². The van der Waals surface area contributed by atoms with Gasteiger partial charge in [0.2, 0.25) is 0 Å². The molecule has 1 unspecified atom stereocenters. The SMILES string of the molecule is CCOC(=O)CC(NC(=O)c1ccccc1CC)C(C)C. The van der Waals surface area contributed by atoms with Crippen LogP contribution in [-0.2, 0) is 16.0 Å². The normalized spacial score (nSPS) is 12.0. The average molecular weight is 291 g/mol. The van der Waals surface area contributed by atoms with E-state index in [1.807, 2.05) is 45.0 Å². The number of nitrogens with one attached hydrogen (secondary N) is 1. The van der Waals surface area contributed by atoms with Gasteiger partial charge < -0.3 is 10.1 Å². The number of ether oxygens (including phenoxy) is 1. The highest BCUT2D eigenvalue weighted by Gasteiger charge is 2.21. The summed E-state index contributed by atoms with van der Waals surface area (Å²) in [7, 11) is 0. The highest BCUT2D eigenvalue weighted by molar-refractivity contribution is 5.96. The number of aryl methyl sites for hydroxylation is 1. The van der Waals surface area contributed by atoms with E-state index in [9.17, 15) is 9.59 Å². The van der Waals surface area contributed by atoms with Crippen LogP contribution in [0.5, 0.6) is 0 Å². The van der Waals surface area contributed by atoms with Crippen LogP contribution in [0.1, 0.15) is 50.0 Å². The van der Waals surface area contributed by atoms with Gasteiger partial charge in [-0.25, -0.2) is 0 Å². The molecule has 0 spiro atoms. The van der Waals surface area contributed by atoms with Crippen LogP contribution in [0.15, 0.2) is 24.3 Å². The first-order valence-corrected chi connectivity index (χ1v) is 7.53. The summed E-state index contributed by atoms with van der Waals surface area (Å²) in [6.07, 6.45) is 0.999. The molecule has 1 aromatic carbocycles. The fourth-order valence-electron chi connectivity index (χ4n) is 2.15. The van der Waals surface area contributed by atoms with E-state index < -0.39 is 0 Å². The molecule has 4 heteroatoms. The van der Waals surface area contributed by atoms with Crippen molar-refractivity contribution in [2.24, 2.45) is 5.92 Å². The molecule has 0 radical (unpaired) electrons. The summed E-state index contributed by atoms with van der Waals surface area (Å²) < 4.78 is 4.96. The van der Waals surface area contributed by atoms with Gasteiger partial charge in [0.1, 0.15) is 0 Å². The molecule has 1 amide bonds. The van der Waals surface area contributed by atoms with Crippen molar-refractivity contribution in [3.05, 3.63) is 35.4 Å². The summed E-state index contributed by atoms with van der Waals surface area (Å²) >= 11 is 0. The Hall–Kier alpha value is -1.84. The molecule has 1 aromatic rings. The number of carbonyl (C=O) groups is 2. The van der Waals surface area contributed by atoms with Crippen LogP contribution in [-0.4, -0.2) is 24.5 Å². The molecular weight excluding hydrogens is 266 g/mol. The van der Waals surface area contributed by atoms with Crippen molar-refractivity contribution in [3.8, 4) is 0 Å². The Morgan fingerprint density at radius 3 is 2.43 bits per heavy atom. The molecule has 0 heterocycles. The third kappa shape index (κ3) is 5.21. The van der Waals surface area contributed by atoms with E-state index in [1.54, 1.807) is 6.92 Å². The Morgan fingerprint density at radius 1 is 1.19 bits per heavy atom. The maximum Gasteiger partial charge on any atom is 0.307 e. The van der Waals surface area contributed by atoms with E-state index in [0.717, 1.165) is 12.0 Å². The molecular formula is C17H25NO3. The third-order valence-electron chi connectivity index (χ3n) is 3.46. The molecule has 4 nitrogen and oxygen atoms in total. The van der Waals surface area contributed by atoms with Gasteiger partial charge in [-0.3, -0.25) is 9.59 Å². The fourth-order valence-corrected chi connectivity index (χ4v) is 2.15. The smallest absolute Gasteiger partial charge is 0.307 e. The molecule has 1 rings (SSSR count). The lowest BCUT2D eigenvalue weighted by molar-refractivity contribution is -0.143. The van der Waals surface area contributed by atoms with Crippen LogP contribution in [0.3, 0.4) is 0 Å². The van der Waals surface area contributed by atoms with Gasteiger partial charge in [0.25, 0.3) is 5.91 Å². The highest BCUT2D eigenvalue weighted by atomic mass is 16.5. The standard InChI is InChI=1S/C17H25NO3/c1-5-13-9-7-8-10-14(13)17(20)18-15(12(3)4)11-16(19)21-6-2/h7-10,12,15H,5-6,11H2,1-4H3,(H,18,20). The van der Waals surface area contributed by atoms with E-state index in [2.05, 4.69) is 5.32 Å². The largest absolute Gasteiger partial charge is 0.466 e. The number of rotatable bonds is 7. The molecule has 1 N–H and O–H groups in total. The first kappa shape index (κ1) is 17.2. The maximum atomic E-state index is 12.4. The van der Waals surface area contributed by atoms with Gasteiger partial charge in [-0.1, -0.05) is 39.0 Å². The second kappa shape index (κ2) is 8.45. The number of hydrogen-bond donors (Lipinski definition) is 1. The van der Waals surface area contributed by atoms with Crippen LogP contribution < -0.4 is 5.32 Å². The Morgan fingerprint density at radius 2 is 1.86 bits per heavy atom. The monoisotopic (exact) mass is 291 g/mol. The second-order valence-electron chi connectivity index (χ2n) is 5.34. The van der Waals surface area contributed by atoms with Gasteiger partial charge in [0, 0.05) is 11.6 Å². The highest BCUT2D eigenvalue weighted by Crippen LogP contribution is 2.13. The molecule has 0 aliphatic heterocycles. The van der Waals surface area contributed by atoms with Gasteiger partial charge in [0.05, 0.1) is 13.0 Å². The lowest BCUT2D eigenvalue weighted by atomic mass is 9.99. The van der Waals surface area contributed by atoms with Crippen LogP contribution >= 0.6 is 0 Å². The minimum absolute atomic E-state index is 0.129. The number of amides is 1. The van der Waals surface area contributed by atoms with Crippen LogP contribution in [0.2, 0.25) is 0 Å². The topological polar surface area (TPSA) is 55.4 Å². The molecule has 0 aromatic heterocycles. The third-order valence-corrected chi connectivity index (χ3v) is 3.46. The van der Waals surface area contributed by atoms with Gasteiger partial charge in [-0.2, -0.15) is 0 Å². The van der Waals surface area contributed by atoms with Crippen molar-refractivity contribution in [1.29, 1.82) is 0 Å². The Balaban J connectivity index is 2.79. The van der Waals surface area contributed by atoms with E-state index in [4.69, 9.17) is 4.74 Å². The Labute approximate surface area is 126 Å². The summed E-state index contributed by atoms with van der Waals surface area (Å²) in [5.41, 5.74) is 1.68. The minimum Gasteiger partial charge on any atom is -0.466 e. The van der Waals surface area contributed by atoms with Gasteiger partial charge in [-0.05, 0) is 30.9 Å². The number of carbonyl (C=O) groups excluding carboxylic acids is 2. The minimum atomic E-state index is -0.278. The number of hydrogen-bond acceptors (Lipinski definition) is 3. The number of benzene rings is 1. The van der Waals surface area contributed by atoms with Crippen molar-refractivity contribution in [1.82, 2.24) is 5.32 Å². The average Bonchev–Trinajstić information content (AvgIpc) is 2.46. The van der Waals surface area contributed by atoms with Gasteiger partial charge >= 0.3 is 5.97 Å². The van der Waals surface area contributed by atoms with E-state index >= 15 is 0 Å². The predicted molar refractivity (Wildman–Crippen MR) is 83.2 cm³/mol. The zero-order valence-electron chi connectivity index (χ0n) is 13.3. The number of esters is 1. The van der Waals surface area contributed by atoms with Crippen molar-refractivity contribution in [2.75, 3.05) is 6.61 Å². The van der Waals surface area contributed by atoms with Gasteiger partial charge in [0.15, 0.2) is 0 Å². The Bertz CT molecular complexity index is 483. The van der Waals surface area contributed by atoms with Crippen LogP contribution in [0.25, 0.3) is 0 Å². The van der Waals surface area contributed by atoms with Crippen molar-refractivity contribution in [2.45, 2.75) is 46.6 Å². The molecule has 0 aliphatic carbocycles. The summed E-state index contributed by atoms with van der Waals surface area (Å²) in [6, 6.07) is 7.32. The Kier molecular flexibility index (Phi) is 6.92. The van der Waals surface area contributed by atoms with E-state index in [1.165, 1.54) is 0 Å². The summed E-state index contributed by atoms with van der Waals surface area (Å²) in [5, 5.41) is 2.96. The second-order valence-corrected chi connectivity index (χ2v) is 5.34. The molecule has 0 saturated carbocycles. The quantitative estimate of drug-likeness (QED) is 0.786. The van der Waals surface area contributed by atoms with Crippen molar-refractivity contribution in [3.63, 3.8) is 0 Å². The summed E-state index contributed by atoms with van der Waals surface area (Å²) in [6.45, 7) is 8.12. The molecule has 0 saturated heterocycles. The fraction of sp³-hybridized carbons (Fsp3) is 0.529. The predicted octanol–water partition coefficient (Wildman–Crippen LogP) is 2.96. The van der Waals surface area contributed by atoms with Crippen LogP contribution in [0.4, 0.5) is 0 Å². The molecule has 0 fully saturated rings. The van der Waals surface area contributed by atoms with E-state index in [0.29, 0.717) is 12.2 Å². The zero-order valence-corrected chi connectivity index (χ0v) is 13.3. The summed E-state index contributed by atoms with van der Waals surface area (Å²) in [5.74, 6) is -0.247. The maximum absolute atomic E-state index is 12.4. The first-order valence-electron chi connectivity index (χ1n) is 7.53. The molecule has 21 heavy (non-hydrogen) atoms. The molecule has 116 valence electrons. The molecule has 1 atom stereocenters. The van der Waals surface area contributed by atoms with Crippen molar-refractivity contribution < 1.29 is 14.3 Å². The molecule has 0 aliphatic rings. The first-order chi connectivity index (χ1) is 9.99. The van der Waals surface area contributed by atoms with E-state index in [-0.39, 0.29) is 30.3 Å². The summed E-state index contributed by atoms with van der Waals surface area (Å²) in [4.78, 5) is 24.0. The lowest BCUT2D eigenvalue weighted by Crippen LogP contribution is -2.40. The van der Waals surface area contributed by atoms with Crippen molar-refractivity contribution >= 4 is 11.9 Å².